The minimum Gasteiger partial charge on any atom is -0.337 e. The average molecular weight is 458 g/mol. The second-order valence-electron chi connectivity index (χ2n) is 7.74. The lowest BCUT2D eigenvalue weighted by Crippen LogP contribution is -2.47. The number of nitrogens with one attached hydrogen (secondary N) is 2. The van der Waals surface area contributed by atoms with Gasteiger partial charge >= 0.3 is 0 Å². The number of H-pyrrole nitrogens is 1. The maximum atomic E-state index is 13.0. The summed E-state index contributed by atoms with van der Waals surface area (Å²) in [5.74, 6) is 0.460. The molecule has 0 bridgehead atoms. The normalized spacial score (nSPS) is 27.1. The molecule has 0 radical (unpaired) electrons. The van der Waals surface area contributed by atoms with Crippen LogP contribution in [0.3, 0.4) is 0 Å². The molecule has 2 fully saturated rings. The van der Waals surface area contributed by atoms with Crippen LogP contribution in [0.15, 0.2) is 29.3 Å². The van der Waals surface area contributed by atoms with Crippen LogP contribution in [0.5, 0.6) is 0 Å². The number of carbonyl (C=O) groups excluding carboxylic acids is 1. The number of aromatic amines is 1. The zero-order valence-electron chi connectivity index (χ0n) is 15.7. The third-order valence-electron chi connectivity index (χ3n) is 6.04. The van der Waals surface area contributed by atoms with Crippen LogP contribution in [0.1, 0.15) is 30.3 Å². The first-order valence-electron chi connectivity index (χ1n) is 9.39. The fourth-order valence-electron chi connectivity index (χ4n) is 4.49. The van der Waals surface area contributed by atoms with E-state index in [9.17, 15) is 13.2 Å². The third kappa shape index (κ3) is 3.88. The number of rotatable bonds is 4. The first kappa shape index (κ1) is 20.6. The second kappa shape index (κ2) is 7.86. The average Bonchev–Trinajstić information content (AvgIpc) is 3.36. The molecule has 2 aromatic rings. The lowest BCUT2D eigenvalue weighted by Gasteiger charge is -2.37. The van der Waals surface area contributed by atoms with Gasteiger partial charge < -0.3 is 4.90 Å². The molecular weight excluding hydrogens is 437 g/mol. The van der Waals surface area contributed by atoms with Gasteiger partial charge in [0.1, 0.15) is 10.6 Å². The third-order valence-corrected chi connectivity index (χ3v) is 8.50. The van der Waals surface area contributed by atoms with Crippen LogP contribution in [0, 0.1) is 17.8 Å². The van der Waals surface area contributed by atoms with Gasteiger partial charge in [-0.05, 0) is 42.7 Å². The van der Waals surface area contributed by atoms with Gasteiger partial charge in [-0.25, -0.2) is 13.1 Å². The molecular formula is C18H21Cl2N5O3S. The van der Waals surface area contributed by atoms with E-state index < -0.39 is 10.0 Å². The SMILES string of the molecule is C[C@@H]1CC[C@H](NS(=O)(=O)c2cccc(Cl)c2Cl)[C@@H]2CN(C(=O)c3cnn[nH]3)C[C@@H]21. The first-order chi connectivity index (χ1) is 13.8. The molecule has 1 amide bonds. The molecule has 29 heavy (non-hydrogen) atoms. The van der Waals surface area contributed by atoms with Crippen molar-refractivity contribution in [3.63, 3.8) is 0 Å². The monoisotopic (exact) mass is 457 g/mol. The number of benzene rings is 1. The Hall–Kier alpha value is -1.68. The molecule has 0 spiro atoms. The van der Waals surface area contributed by atoms with E-state index in [0.29, 0.717) is 31.1 Å². The summed E-state index contributed by atoms with van der Waals surface area (Å²) in [6.45, 7) is 3.21. The molecule has 2 aliphatic rings. The lowest BCUT2D eigenvalue weighted by atomic mass is 9.72. The lowest BCUT2D eigenvalue weighted by molar-refractivity contribution is 0.0776. The molecule has 1 aliphatic heterocycles. The van der Waals surface area contributed by atoms with Gasteiger partial charge in [-0.3, -0.25) is 9.89 Å². The minimum atomic E-state index is -3.85. The molecule has 1 aromatic carbocycles. The molecule has 4 rings (SSSR count). The minimum absolute atomic E-state index is 0.0114. The second-order valence-corrected chi connectivity index (χ2v) is 10.2. The molecule has 0 unspecified atom stereocenters. The Morgan fingerprint density at radius 3 is 2.72 bits per heavy atom. The molecule has 156 valence electrons. The Morgan fingerprint density at radius 1 is 1.24 bits per heavy atom. The summed E-state index contributed by atoms with van der Waals surface area (Å²) < 4.78 is 28.8. The number of aromatic nitrogens is 3. The summed E-state index contributed by atoms with van der Waals surface area (Å²) in [7, 11) is -3.85. The Kier molecular flexibility index (Phi) is 5.58. The number of sulfonamides is 1. The van der Waals surface area contributed by atoms with Crippen LogP contribution in [-0.4, -0.2) is 53.8 Å². The Labute approximate surface area is 179 Å². The molecule has 1 aliphatic carbocycles. The predicted octanol–water partition coefficient (Wildman–Crippen LogP) is 2.58. The molecule has 2 heterocycles. The Bertz CT molecular complexity index is 1010. The highest BCUT2D eigenvalue weighted by Crippen LogP contribution is 2.41. The number of halogens is 2. The van der Waals surface area contributed by atoms with Crippen LogP contribution in [-0.2, 0) is 10.0 Å². The standard InChI is InChI=1S/C18H21Cl2N5O3S/c1-10-5-6-14(23-29(27,28)16-4-2-3-13(19)17(16)20)12-9-25(8-11(10)12)18(26)15-7-21-24-22-15/h2-4,7,10-12,14,23H,5-6,8-9H2,1H3,(H,21,22,24)/t10-,11-,12-,14+/m1/s1. The summed E-state index contributed by atoms with van der Waals surface area (Å²) in [4.78, 5) is 14.4. The molecule has 2 N–H and O–H groups in total. The molecule has 11 heteroatoms. The Morgan fingerprint density at radius 2 is 2.00 bits per heavy atom. The molecule has 1 aromatic heterocycles. The summed E-state index contributed by atoms with van der Waals surface area (Å²) in [6, 6.07) is 4.26. The quantitative estimate of drug-likeness (QED) is 0.732. The molecule has 4 atom stereocenters. The number of hydrogen-bond donors (Lipinski definition) is 2. The summed E-state index contributed by atoms with van der Waals surface area (Å²) in [6.07, 6.45) is 2.98. The van der Waals surface area contributed by atoms with E-state index >= 15 is 0 Å². The largest absolute Gasteiger partial charge is 0.337 e. The van der Waals surface area contributed by atoms with E-state index in [1.54, 1.807) is 17.0 Å². The van der Waals surface area contributed by atoms with Crippen molar-refractivity contribution in [2.45, 2.75) is 30.7 Å². The van der Waals surface area contributed by atoms with Crippen LogP contribution in [0.2, 0.25) is 10.0 Å². The highest BCUT2D eigenvalue weighted by atomic mass is 35.5. The van der Waals surface area contributed by atoms with Gasteiger partial charge in [0.2, 0.25) is 10.0 Å². The van der Waals surface area contributed by atoms with E-state index in [-0.39, 0.29) is 38.7 Å². The van der Waals surface area contributed by atoms with E-state index in [1.165, 1.54) is 12.3 Å². The highest BCUT2D eigenvalue weighted by Gasteiger charge is 2.46. The number of carbonyl (C=O) groups is 1. The van der Waals surface area contributed by atoms with Gasteiger partial charge in [-0.1, -0.05) is 41.4 Å². The zero-order chi connectivity index (χ0) is 20.8. The van der Waals surface area contributed by atoms with E-state index in [1.807, 2.05) is 0 Å². The van der Waals surface area contributed by atoms with Gasteiger partial charge in [-0.15, -0.1) is 5.10 Å². The van der Waals surface area contributed by atoms with E-state index in [0.717, 1.165) is 6.42 Å². The van der Waals surface area contributed by atoms with Crippen LogP contribution in [0.25, 0.3) is 0 Å². The van der Waals surface area contributed by atoms with Gasteiger partial charge in [0.15, 0.2) is 0 Å². The molecule has 1 saturated carbocycles. The number of hydrogen-bond acceptors (Lipinski definition) is 5. The fraction of sp³-hybridized carbons (Fsp3) is 0.500. The number of fused-ring (bicyclic) bond motifs is 1. The fourth-order valence-corrected chi connectivity index (χ4v) is 6.57. The summed E-state index contributed by atoms with van der Waals surface area (Å²) in [5.41, 5.74) is 0.333. The van der Waals surface area contributed by atoms with Gasteiger partial charge in [-0.2, -0.15) is 0 Å². The van der Waals surface area contributed by atoms with Crippen molar-refractivity contribution in [2.75, 3.05) is 13.1 Å². The van der Waals surface area contributed by atoms with Crippen LogP contribution >= 0.6 is 23.2 Å². The van der Waals surface area contributed by atoms with E-state index in [2.05, 4.69) is 27.1 Å². The highest BCUT2D eigenvalue weighted by molar-refractivity contribution is 7.89. The van der Waals surface area contributed by atoms with Crippen molar-refractivity contribution >= 4 is 39.1 Å². The maximum absolute atomic E-state index is 13.0. The molecule has 1 saturated heterocycles. The summed E-state index contributed by atoms with van der Waals surface area (Å²) in [5, 5.41) is 10.1. The van der Waals surface area contributed by atoms with Gasteiger partial charge in [0.25, 0.3) is 5.91 Å². The maximum Gasteiger partial charge on any atom is 0.273 e. The predicted molar refractivity (Wildman–Crippen MR) is 108 cm³/mol. The number of nitrogens with zero attached hydrogens (tertiary/aromatic N) is 3. The number of amides is 1. The Balaban J connectivity index is 1.56. The van der Waals surface area contributed by atoms with Crippen molar-refractivity contribution < 1.29 is 13.2 Å². The van der Waals surface area contributed by atoms with Crippen molar-refractivity contribution in [3.05, 3.63) is 40.1 Å². The van der Waals surface area contributed by atoms with Crippen molar-refractivity contribution in [2.24, 2.45) is 17.8 Å². The van der Waals surface area contributed by atoms with Gasteiger partial charge in [0.05, 0.1) is 16.2 Å². The van der Waals surface area contributed by atoms with Crippen LogP contribution < -0.4 is 4.72 Å². The van der Waals surface area contributed by atoms with E-state index in [4.69, 9.17) is 23.2 Å². The van der Waals surface area contributed by atoms with Crippen molar-refractivity contribution in [1.29, 1.82) is 0 Å². The molecule has 8 nitrogen and oxygen atoms in total. The number of likely N-dealkylation sites (tertiary alicyclic amines) is 1. The topological polar surface area (TPSA) is 108 Å². The van der Waals surface area contributed by atoms with Gasteiger partial charge in [0, 0.05) is 19.1 Å². The van der Waals surface area contributed by atoms with Crippen LogP contribution in [0.4, 0.5) is 0 Å². The van der Waals surface area contributed by atoms with Crippen molar-refractivity contribution in [1.82, 2.24) is 25.0 Å². The first-order valence-corrected chi connectivity index (χ1v) is 11.6. The summed E-state index contributed by atoms with van der Waals surface area (Å²) >= 11 is 12.1. The smallest absolute Gasteiger partial charge is 0.273 e. The van der Waals surface area contributed by atoms with Crippen molar-refractivity contribution in [3.8, 4) is 0 Å². The zero-order valence-corrected chi connectivity index (χ0v) is 18.0.